The maximum absolute atomic E-state index is 12.6. The Morgan fingerprint density at radius 2 is 1.14 bits per heavy atom. The number of allylic oxidation sites excluding steroid dienone is 19. The fraction of sp³-hybridized carbons (Fsp3) is 0.500. The van der Waals surface area contributed by atoms with Crippen LogP contribution >= 0.6 is 7.82 Å². The highest BCUT2D eigenvalue weighted by molar-refractivity contribution is 7.47. The number of nitrogens with one attached hydrogen (secondary N) is 1. The van der Waals surface area contributed by atoms with Crippen LogP contribution in [0.5, 0.6) is 0 Å². The van der Waals surface area contributed by atoms with Gasteiger partial charge in [0.2, 0.25) is 5.91 Å². The number of amides is 1. The van der Waals surface area contributed by atoms with E-state index in [4.69, 9.17) is 14.8 Å². The third-order valence-corrected chi connectivity index (χ3v) is 8.08. The molecule has 0 aromatic carbocycles. The van der Waals surface area contributed by atoms with E-state index in [1.165, 1.54) is 0 Å². The van der Waals surface area contributed by atoms with Crippen molar-refractivity contribution in [2.24, 2.45) is 5.73 Å². The Hall–Kier alpha value is -3.10. The minimum Gasteiger partial charge on any atom is -0.387 e. The molecule has 3 atom stereocenters. The number of phosphoric acid groups is 1. The largest absolute Gasteiger partial charge is 0.472 e. The highest BCUT2D eigenvalue weighted by Crippen LogP contribution is 2.43. The van der Waals surface area contributed by atoms with E-state index in [-0.39, 0.29) is 25.5 Å². The molecular weight excluding hydrogens is 659 g/mol. The SMILES string of the molecule is C/C=C/CC/C=C/CC/C=C/C(O)C(COP(=O)(O)OCCN)NC(=O)CCC/C=C\C/C=C\C/C=C\C/C=C\C/C=C\C/C=C\C/C=C\CC. The zero-order valence-corrected chi connectivity index (χ0v) is 32.2. The first-order valence-corrected chi connectivity index (χ1v) is 20.1. The van der Waals surface area contributed by atoms with Gasteiger partial charge in [-0.25, -0.2) is 4.57 Å². The maximum atomic E-state index is 12.6. The summed E-state index contributed by atoms with van der Waals surface area (Å²) in [6, 6.07) is -0.921. The van der Waals surface area contributed by atoms with Gasteiger partial charge < -0.3 is 21.1 Å². The number of aliphatic hydroxyl groups excluding tert-OH is 1. The molecule has 0 aliphatic carbocycles. The van der Waals surface area contributed by atoms with Gasteiger partial charge in [0.15, 0.2) is 0 Å². The second-order valence-corrected chi connectivity index (χ2v) is 13.1. The van der Waals surface area contributed by atoms with Crippen LogP contribution in [0.2, 0.25) is 0 Å². The average molecular weight is 727 g/mol. The van der Waals surface area contributed by atoms with Crippen LogP contribution < -0.4 is 11.1 Å². The number of aliphatic hydroxyl groups is 1. The van der Waals surface area contributed by atoms with Crippen molar-refractivity contribution in [3.05, 3.63) is 122 Å². The third kappa shape index (κ3) is 35.1. The minimum atomic E-state index is -4.37. The zero-order valence-electron chi connectivity index (χ0n) is 31.3. The number of nitrogens with two attached hydrogens (primary N) is 1. The number of hydrogen-bond acceptors (Lipinski definition) is 6. The highest BCUT2D eigenvalue weighted by atomic mass is 31.2. The number of unbranched alkanes of at least 4 members (excludes halogenated alkanes) is 3. The first-order chi connectivity index (χ1) is 24.9. The molecule has 0 aromatic heterocycles. The molecule has 0 saturated heterocycles. The topological polar surface area (TPSA) is 131 Å². The molecule has 8 nitrogen and oxygen atoms in total. The summed E-state index contributed by atoms with van der Waals surface area (Å²) in [6.45, 7) is 3.66. The van der Waals surface area contributed by atoms with Crippen molar-refractivity contribution in [1.82, 2.24) is 5.32 Å². The first kappa shape index (κ1) is 47.9. The number of hydrogen-bond donors (Lipinski definition) is 4. The van der Waals surface area contributed by atoms with Gasteiger partial charge in [-0.1, -0.05) is 128 Å². The monoisotopic (exact) mass is 726 g/mol. The van der Waals surface area contributed by atoms with Crippen molar-refractivity contribution < 1.29 is 28.4 Å². The Morgan fingerprint density at radius 1 is 0.686 bits per heavy atom. The smallest absolute Gasteiger partial charge is 0.387 e. The minimum absolute atomic E-state index is 0.0546. The third-order valence-electron chi connectivity index (χ3n) is 7.09. The van der Waals surface area contributed by atoms with E-state index < -0.39 is 26.6 Å². The van der Waals surface area contributed by atoms with E-state index in [0.717, 1.165) is 70.6 Å². The van der Waals surface area contributed by atoms with E-state index in [0.29, 0.717) is 12.8 Å². The van der Waals surface area contributed by atoms with Crippen molar-refractivity contribution in [2.45, 2.75) is 116 Å². The lowest BCUT2D eigenvalue weighted by Crippen LogP contribution is -2.45. The predicted molar refractivity (Wildman–Crippen MR) is 216 cm³/mol. The quantitative estimate of drug-likeness (QED) is 0.0308. The number of carbonyl (C=O) groups is 1. The first-order valence-electron chi connectivity index (χ1n) is 18.6. The maximum Gasteiger partial charge on any atom is 0.472 e. The van der Waals surface area contributed by atoms with E-state index >= 15 is 0 Å². The van der Waals surface area contributed by atoms with E-state index in [1.807, 2.05) is 19.1 Å². The lowest BCUT2D eigenvalue weighted by molar-refractivity contribution is -0.122. The van der Waals surface area contributed by atoms with Gasteiger partial charge in [0.25, 0.3) is 0 Å². The van der Waals surface area contributed by atoms with Crippen molar-refractivity contribution in [3.63, 3.8) is 0 Å². The zero-order chi connectivity index (χ0) is 37.5. The highest BCUT2D eigenvalue weighted by Gasteiger charge is 2.26. The van der Waals surface area contributed by atoms with Crippen LogP contribution in [0.15, 0.2) is 122 Å². The number of carbonyl (C=O) groups excluding carboxylic acids is 1. The van der Waals surface area contributed by atoms with Gasteiger partial charge in [0.05, 0.1) is 25.4 Å². The molecular formula is C42H67N2O6P. The van der Waals surface area contributed by atoms with Crippen molar-refractivity contribution in [3.8, 4) is 0 Å². The van der Waals surface area contributed by atoms with Crippen molar-refractivity contribution in [2.75, 3.05) is 19.8 Å². The molecule has 0 spiro atoms. The van der Waals surface area contributed by atoms with Gasteiger partial charge in [-0.3, -0.25) is 13.8 Å². The van der Waals surface area contributed by atoms with Gasteiger partial charge in [0, 0.05) is 13.0 Å². The van der Waals surface area contributed by atoms with Gasteiger partial charge >= 0.3 is 7.82 Å². The average Bonchev–Trinajstić information content (AvgIpc) is 3.12. The van der Waals surface area contributed by atoms with Gasteiger partial charge in [0.1, 0.15) is 0 Å². The normalized spacial score (nSPS) is 15.6. The summed E-state index contributed by atoms with van der Waals surface area (Å²) in [4.78, 5) is 22.5. The molecule has 0 aromatic rings. The lowest BCUT2D eigenvalue weighted by atomic mass is 10.1. The van der Waals surface area contributed by atoms with Crippen LogP contribution in [0.4, 0.5) is 0 Å². The Morgan fingerprint density at radius 3 is 1.63 bits per heavy atom. The van der Waals surface area contributed by atoms with E-state index in [9.17, 15) is 19.4 Å². The standard InChI is InChI=1S/C42H67N2O6P/c1-3-5-7-9-11-13-14-15-16-17-18-19-20-21-22-23-24-25-26-28-30-32-34-36-42(46)44-40(39-50-51(47,48)49-38-37-43)41(45)35-33-31-29-27-12-10-8-6-4-2/h4-7,11-13,15-16,18-19,21-22,24-25,27-28,30,33,35,40-41,45H,3,8-10,14,17,20,23,26,29,31-32,34,36-39,43H2,1-2H3,(H,44,46)(H,47,48)/b6-4+,7-5-,13-11-,16-15-,19-18-,22-21-,25-24-,27-12+,30-28-,35-33+. The molecule has 0 heterocycles. The summed E-state index contributed by atoms with van der Waals surface area (Å²) < 4.78 is 21.9. The van der Waals surface area contributed by atoms with Crippen LogP contribution in [0.1, 0.15) is 104 Å². The molecule has 1 amide bonds. The molecule has 0 fully saturated rings. The number of rotatable bonds is 32. The summed E-state index contributed by atoms with van der Waals surface area (Å²) in [7, 11) is -4.37. The van der Waals surface area contributed by atoms with E-state index in [2.05, 4.69) is 116 Å². The van der Waals surface area contributed by atoms with Crippen molar-refractivity contribution >= 4 is 13.7 Å². The fourth-order valence-electron chi connectivity index (χ4n) is 4.33. The molecule has 9 heteroatoms. The van der Waals surface area contributed by atoms with Gasteiger partial charge in [-0.15, -0.1) is 0 Å². The van der Waals surface area contributed by atoms with Crippen molar-refractivity contribution in [1.29, 1.82) is 0 Å². The molecule has 0 bridgehead atoms. The second kappa shape index (κ2) is 36.7. The molecule has 0 aliphatic heterocycles. The Balaban J connectivity index is 4.40. The van der Waals surface area contributed by atoms with Gasteiger partial charge in [-0.05, 0) is 90.4 Å². The van der Waals surface area contributed by atoms with Crippen LogP contribution in [0.3, 0.4) is 0 Å². The Labute approximate surface area is 309 Å². The molecule has 5 N–H and O–H groups in total. The summed E-state index contributed by atoms with van der Waals surface area (Å²) in [6.07, 6.45) is 52.8. The molecule has 3 unspecified atom stereocenters. The molecule has 51 heavy (non-hydrogen) atoms. The summed E-state index contributed by atoms with van der Waals surface area (Å²) in [5, 5.41) is 13.5. The molecule has 0 aliphatic rings. The molecule has 0 radical (unpaired) electrons. The fourth-order valence-corrected chi connectivity index (χ4v) is 5.09. The lowest BCUT2D eigenvalue weighted by Gasteiger charge is -2.23. The molecule has 286 valence electrons. The van der Waals surface area contributed by atoms with Gasteiger partial charge in [-0.2, -0.15) is 0 Å². The summed E-state index contributed by atoms with van der Waals surface area (Å²) >= 11 is 0. The van der Waals surface area contributed by atoms with Crippen LogP contribution in [0, 0.1) is 0 Å². The molecule has 0 saturated carbocycles. The second-order valence-electron chi connectivity index (χ2n) is 11.7. The summed E-state index contributed by atoms with van der Waals surface area (Å²) in [5.41, 5.74) is 5.33. The van der Waals surface area contributed by atoms with Crippen LogP contribution in [0.25, 0.3) is 0 Å². The van der Waals surface area contributed by atoms with Crippen LogP contribution in [-0.4, -0.2) is 47.8 Å². The predicted octanol–water partition coefficient (Wildman–Crippen LogP) is 9.99. The molecule has 0 rings (SSSR count). The number of phosphoric ester groups is 1. The van der Waals surface area contributed by atoms with Crippen LogP contribution in [-0.2, 0) is 18.4 Å². The Kier molecular flexibility index (Phi) is 34.5. The Bertz CT molecular complexity index is 1200. The summed E-state index contributed by atoms with van der Waals surface area (Å²) in [5.74, 6) is -0.277. The van der Waals surface area contributed by atoms with E-state index in [1.54, 1.807) is 6.08 Å².